The number of carbonyl (C=O) groups is 2. The Balaban J connectivity index is 1.47. The van der Waals surface area contributed by atoms with Crippen molar-refractivity contribution in [3.05, 3.63) is 65.6 Å². The van der Waals surface area contributed by atoms with Gasteiger partial charge in [0.25, 0.3) is 5.91 Å². The van der Waals surface area contributed by atoms with E-state index in [4.69, 9.17) is 0 Å². The SMILES string of the molecule is O=C(CSC1C2=C(CCCC2)C(=O)N1Cc1cccnc1)Nc1ccccn1. The zero-order chi connectivity index (χ0) is 19.3. The number of hydrogen-bond donors (Lipinski definition) is 1. The highest BCUT2D eigenvalue weighted by molar-refractivity contribution is 8.00. The molecule has 1 atom stereocenters. The lowest BCUT2D eigenvalue weighted by Crippen LogP contribution is -2.34. The molecule has 0 fully saturated rings. The third-order valence-corrected chi connectivity index (χ3v) is 6.27. The van der Waals surface area contributed by atoms with E-state index in [2.05, 4.69) is 15.3 Å². The summed E-state index contributed by atoms with van der Waals surface area (Å²) in [5, 5.41) is 2.73. The summed E-state index contributed by atoms with van der Waals surface area (Å²) in [4.78, 5) is 35.6. The Kier molecular flexibility index (Phi) is 5.71. The van der Waals surface area contributed by atoms with E-state index in [1.54, 1.807) is 24.7 Å². The third-order valence-electron chi connectivity index (χ3n) is 4.99. The van der Waals surface area contributed by atoms with E-state index < -0.39 is 0 Å². The zero-order valence-corrected chi connectivity index (χ0v) is 16.3. The van der Waals surface area contributed by atoms with Crippen LogP contribution in [0.2, 0.25) is 0 Å². The lowest BCUT2D eigenvalue weighted by molar-refractivity contribution is -0.126. The number of carbonyl (C=O) groups excluding carboxylic acids is 2. The van der Waals surface area contributed by atoms with E-state index in [1.807, 2.05) is 29.2 Å². The van der Waals surface area contributed by atoms with Gasteiger partial charge in [0, 0.05) is 30.7 Å². The van der Waals surface area contributed by atoms with Crippen molar-refractivity contribution >= 4 is 29.4 Å². The number of thioether (sulfide) groups is 1. The van der Waals surface area contributed by atoms with E-state index in [0.29, 0.717) is 12.4 Å². The van der Waals surface area contributed by atoms with Crippen LogP contribution in [-0.2, 0) is 16.1 Å². The second-order valence-corrected chi connectivity index (χ2v) is 8.00. The zero-order valence-electron chi connectivity index (χ0n) is 15.5. The molecule has 1 aliphatic carbocycles. The van der Waals surface area contributed by atoms with Gasteiger partial charge in [0.15, 0.2) is 0 Å². The van der Waals surface area contributed by atoms with Gasteiger partial charge < -0.3 is 10.2 Å². The molecule has 4 rings (SSSR count). The van der Waals surface area contributed by atoms with Gasteiger partial charge in [0.2, 0.25) is 5.91 Å². The summed E-state index contributed by atoms with van der Waals surface area (Å²) in [7, 11) is 0. The molecule has 1 aliphatic heterocycles. The fourth-order valence-electron chi connectivity index (χ4n) is 3.72. The van der Waals surface area contributed by atoms with Crippen LogP contribution in [0.4, 0.5) is 5.82 Å². The van der Waals surface area contributed by atoms with Crippen molar-refractivity contribution in [3.8, 4) is 0 Å². The Morgan fingerprint density at radius 1 is 1.18 bits per heavy atom. The van der Waals surface area contributed by atoms with Crippen LogP contribution in [-0.4, -0.2) is 37.8 Å². The minimum atomic E-state index is -0.109. The minimum Gasteiger partial charge on any atom is -0.319 e. The fourth-order valence-corrected chi connectivity index (χ4v) is 4.91. The van der Waals surface area contributed by atoms with Crippen LogP contribution in [0.1, 0.15) is 31.2 Å². The highest BCUT2D eigenvalue weighted by atomic mass is 32.2. The average molecular weight is 394 g/mol. The van der Waals surface area contributed by atoms with Crippen LogP contribution in [0.25, 0.3) is 0 Å². The van der Waals surface area contributed by atoms with Crippen LogP contribution < -0.4 is 5.32 Å². The molecule has 0 saturated heterocycles. The first-order valence-corrected chi connectivity index (χ1v) is 10.5. The summed E-state index contributed by atoms with van der Waals surface area (Å²) in [6.45, 7) is 0.513. The second-order valence-electron chi connectivity index (χ2n) is 6.93. The molecule has 28 heavy (non-hydrogen) atoms. The largest absolute Gasteiger partial charge is 0.319 e. The Hall–Kier alpha value is -2.67. The molecule has 0 radical (unpaired) electrons. The quantitative estimate of drug-likeness (QED) is 0.813. The summed E-state index contributed by atoms with van der Waals surface area (Å²) in [5.41, 5.74) is 3.16. The van der Waals surface area contributed by atoms with Crippen LogP contribution in [0.5, 0.6) is 0 Å². The molecular formula is C21H22N4O2S. The molecule has 7 heteroatoms. The molecule has 2 aliphatic rings. The molecule has 2 amide bonds. The van der Waals surface area contributed by atoms with Crippen molar-refractivity contribution in [1.82, 2.24) is 14.9 Å². The minimum absolute atomic E-state index is 0.0857. The van der Waals surface area contributed by atoms with Gasteiger partial charge in [-0.2, -0.15) is 0 Å². The Morgan fingerprint density at radius 2 is 2.07 bits per heavy atom. The van der Waals surface area contributed by atoms with Crippen LogP contribution in [0.3, 0.4) is 0 Å². The Labute approximate surface area is 168 Å². The van der Waals surface area contributed by atoms with Crippen molar-refractivity contribution in [2.45, 2.75) is 37.6 Å². The fraction of sp³-hybridized carbons (Fsp3) is 0.333. The van der Waals surface area contributed by atoms with Gasteiger partial charge in [-0.05, 0) is 55.0 Å². The van der Waals surface area contributed by atoms with Crippen LogP contribution >= 0.6 is 11.8 Å². The second kappa shape index (κ2) is 8.56. The normalized spacial score (nSPS) is 18.9. The van der Waals surface area contributed by atoms with Crippen molar-refractivity contribution < 1.29 is 9.59 Å². The average Bonchev–Trinajstić information content (AvgIpc) is 2.99. The number of nitrogens with one attached hydrogen (secondary N) is 1. The smallest absolute Gasteiger partial charge is 0.251 e. The highest BCUT2D eigenvalue weighted by Crippen LogP contribution is 2.41. The van der Waals surface area contributed by atoms with Crippen molar-refractivity contribution in [3.63, 3.8) is 0 Å². The first-order chi connectivity index (χ1) is 13.7. The van der Waals surface area contributed by atoms with Gasteiger partial charge in [-0.1, -0.05) is 12.1 Å². The molecule has 144 valence electrons. The molecule has 2 aromatic rings. The number of rotatable bonds is 6. The first-order valence-electron chi connectivity index (χ1n) is 9.46. The molecule has 0 aromatic carbocycles. The van der Waals surface area contributed by atoms with Gasteiger partial charge in [-0.25, -0.2) is 4.98 Å². The summed E-state index contributed by atoms with van der Waals surface area (Å²) in [6.07, 6.45) is 9.10. The first kappa shape index (κ1) is 18.7. The summed E-state index contributed by atoms with van der Waals surface area (Å²) in [6, 6.07) is 9.26. The van der Waals surface area contributed by atoms with Gasteiger partial charge in [0.05, 0.1) is 5.75 Å². The standard InChI is InChI=1S/C21H22N4O2S/c26-19(24-18-9-3-4-11-23-18)14-28-21-17-8-2-1-7-16(17)20(27)25(21)13-15-6-5-10-22-12-15/h3-6,9-12,21H,1-2,7-8,13-14H2,(H,23,24,26). The third kappa shape index (κ3) is 4.09. The molecule has 2 aromatic heterocycles. The molecule has 3 heterocycles. The van der Waals surface area contributed by atoms with Gasteiger partial charge in [-0.3, -0.25) is 14.6 Å². The highest BCUT2D eigenvalue weighted by Gasteiger charge is 2.40. The number of aromatic nitrogens is 2. The summed E-state index contributed by atoms with van der Waals surface area (Å²) < 4.78 is 0. The molecule has 0 saturated carbocycles. The molecule has 1 unspecified atom stereocenters. The van der Waals surface area contributed by atoms with E-state index >= 15 is 0 Å². The number of anilines is 1. The van der Waals surface area contributed by atoms with Gasteiger partial charge >= 0.3 is 0 Å². The molecule has 0 bridgehead atoms. The van der Waals surface area contributed by atoms with Crippen molar-refractivity contribution in [2.75, 3.05) is 11.1 Å². The van der Waals surface area contributed by atoms with Crippen molar-refractivity contribution in [2.24, 2.45) is 0 Å². The Morgan fingerprint density at radius 3 is 2.86 bits per heavy atom. The number of nitrogens with zero attached hydrogens (tertiary/aromatic N) is 3. The van der Waals surface area contributed by atoms with Gasteiger partial charge in [0.1, 0.15) is 11.2 Å². The van der Waals surface area contributed by atoms with Crippen LogP contribution in [0, 0.1) is 0 Å². The maximum absolute atomic E-state index is 13.0. The predicted octanol–water partition coefficient (Wildman–Crippen LogP) is 3.39. The number of hydrogen-bond acceptors (Lipinski definition) is 5. The summed E-state index contributed by atoms with van der Waals surface area (Å²) in [5.74, 6) is 0.818. The lowest BCUT2D eigenvalue weighted by atomic mass is 9.94. The maximum Gasteiger partial charge on any atom is 0.251 e. The van der Waals surface area contributed by atoms with Crippen LogP contribution in [0.15, 0.2) is 60.1 Å². The van der Waals surface area contributed by atoms with E-state index in [1.165, 1.54) is 17.3 Å². The van der Waals surface area contributed by atoms with E-state index in [9.17, 15) is 9.59 Å². The Bertz CT molecular complexity index is 886. The van der Waals surface area contributed by atoms with Gasteiger partial charge in [-0.15, -0.1) is 11.8 Å². The van der Waals surface area contributed by atoms with E-state index in [-0.39, 0.29) is 22.9 Å². The van der Waals surface area contributed by atoms with E-state index in [0.717, 1.165) is 36.8 Å². The van der Waals surface area contributed by atoms with Crippen molar-refractivity contribution in [1.29, 1.82) is 0 Å². The lowest BCUT2D eigenvalue weighted by Gasteiger charge is -2.27. The summed E-state index contributed by atoms with van der Waals surface area (Å²) >= 11 is 1.52. The number of pyridine rings is 2. The molecule has 6 nitrogen and oxygen atoms in total. The molecular weight excluding hydrogens is 372 g/mol. The monoisotopic (exact) mass is 394 g/mol. The molecule has 1 N–H and O–H groups in total. The predicted molar refractivity (Wildman–Crippen MR) is 109 cm³/mol. The maximum atomic E-state index is 13.0. The topological polar surface area (TPSA) is 75.2 Å². The molecule has 0 spiro atoms. The number of amides is 2.